The quantitative estimate of drug-likeness (QED) is 0.720. The van der Waals surface area contributed by atoms with Crippen LogP contribution in [0.15, 0.2) is 18.3 Å². The van der Waals surface area contributed by atoms with Gasteiger partial charge in [-0.05, 0) is 26.9 Å². The molecule has 4 rings (SSSR count). The highest BCUT2D eigenvalue weighted by atomic mass is 19.3. The third kappa shape index (κ3) is 4.43. The molecular weight excluding hydrogens is 406 g/mol. The summed E-state index contributed by atoms with van der Waals surface area (Å²) in [5, 5.41) is 2.68. The standard InChI is InChI=1S/C21H26F2N6O2/c1-13(30)25-16-9-15-14(11-24-16)21(5-6-21)12-29(15)17-10-18(31-8-7-28(3)4)27-19(26-17)20(2,22)23/h9-11H,5-8,12H2,1-4H3,(H,24,25,30). The molecule has 10 heteroatoms. The number of carbonyl (C=O) groups is 1. The highest BCUT2D eigenvalue weighted by Crippen LogP contribution is 2.58. The third-order valence-corrected chi connectivity index (χ3v) is 5.51. The number of hydrogen-bond donors (Lipinski definition) is 1. The molecule has 1 N–H and O–H groups in total. The van der Waals surface area contributed by atoms with Gasteiger partial charge in [0, 0.05) is 56.2 Å². The Bertz CT molecular complexity index is 1000. The molecule has 1 amide bonds. The highest BCUT2D eigenvalue weighted by Gasteiger charge is 2.53. The number of aromatic nitrogens is 3. The Morgan fingerprint density at radius 3 is 2.68 bits per heavy atom. The van der Waals surface area contributed by atoms with Gasteiger partial charge in [-0.15, -0.1) is 0 Å². The zero-order valence-electron chi connectivity index (χ0n) is 18.1. The smallest absolute Gasteiger partial charge is 0.304 e. The summed E-state index contributed by atoms with van der Waals surface area (Å²) in [5.74, 6) is -3.17. The molecule has 1 saturated carbocycles. The Hall–Kier alpha value is -2.88. The van der Waals surface area contributed by atoms with Gasteiger partial charge in [0.2, 0.25) is 17.6 Å². The lowest BCUT2D eigenvalue weighted by atomic mass is 10.0. The van der Waals surface area contributed by atoms with Gasteiger partial charge < -0.3 is 19.9 Å². The first-order valence-corrected chi connectivity index (χ1v) is 10.2. The summed E-state index contributed by atoms with van der Waals surface area (Å²) >= 11 is 0. The summed E-state index contributed by atoms with van der Waals surface area (Å²) in [5.41, 5.74) is 1.79. The van der Waals surface area contributed by atoms with Crippen LogP contribution >= 0.6 is 0 Å². The van der Waals surface area contributed by atoms with Crippen molar-refractivity contribution >= 4 is 23.2 Å². The van der Waals surface area contributed by atoms with Gasteiger partial charge in [-0.2, -0.15) is 13.8 Å². The number of nitrogens with one attached hydrogen (secondary N) is 1. The first-order chi connectivity index (χ1) is 14.6. The van der Waals surface area contributed by atoms with Crippen LogP contribution < -0.4 is 15.0 Å². The molecule has 2 aliphatic rings. The predicted molar refractivity (Wildman–Crippen MR) is 112 cm³/mol. The van der Waals surface area contributed by atoms with Gasteiger partial charge in [0.05, 0.1) is 5.69 Å². The molecular formula is C21H26F2N6O2. The van der Waals surface area contributed by atoms with Crippen LogP contribution in [0.1, 0.15) is 38.1 Å². The maximum absolute atomic E-state index is 14.2. The normalized spacial score (nSPS) is 16.5. The lowest BCUT2D eigenvalue weighted by Gasteiger charge is -2.22. The fraction of sp³-hybridized carbons (Fsp3) is 0.524. The number of nitrogens with zero attached hydrogens (tertiary/aromatic N) is 5. The van der Waals surface area contributed by atoms with Crippen LogP contribution in [-0.2, 0) is 16.1 Å². The van der Waals surface area contributed by atoms with Crippen LogP contribution in [0.3, 0.4) is 0 Å². The van der Waals surface area contributed by atoms with Crippen LogP contribution in [0.5, 0.6) is 5.88 Å². The van der Waals surface area contributed by atoms with Crippen LogP contribution in [0.2, 0.25) is 0 Å². The molecule has 0 saturated heterocycles. The van der Waals surface area contributed by atoms with E-state index in [4.69, 9.17) is 4.74 Å². The van der Waals surface area contributed by atoms with E-state index in [1.807, 2.05) is 23.9 Å². The number of rotatable bonds is 7. The van der Waals surface area contributed by atoms with E-state index in [1.54, 1.807) is 18.3 Å². The second-order valence-corrected chi connectivity index (χ2v) is 8.56. The van der Waals surface area contributed by atoms with Crippen molar-refractivity contribution in [3.05, 3.63) is 29.7 Å². The molecule has 1 spiro atoms. The van der Waals surface area contributed by atoms with Gasteiger partial charge in [-0.1, -0.05) is 0 Å². The highest BCUT2D eigenvalue weighted by molar-refractivity contribution is 5.89. The molecule has 1 fully saturated rings. The second kappa shape index (κ2) is 7.67. The van der Waals surface area contributed by atoms with Gasteiger partial charge in [0.1, 0.15) is 18.2 Å². The van der Waals surface area contributed by atoms with Crippen molar-refractivity contribution in [1.29, 1.82) is 0 Å². The molecule has 1 aliphatic carbocycles. The third-order valence-electron chi connectivity index (χ3n) is 5.51. The summed E-state index contributed by atoms with van der Waals surface area (Å²) in [7, 11) is 3.80. The van der Waals surface area contributed by atoms with Crippen molar-refractivity contribution in [2.45, 2.75) is 38.0 Å². The Kier molecular flexibility index (Phi) is 5.28. The lowest BCUT2D eigenvalue weighted by molar-refractivity contribution is -0.114. The second-order valence-electron chi connectivity index (χ2n) is 8.56. The fourth-order valence-electron chi connectivity index (χ4n) is 3.74. The minimum Gasteiger partial charge on any atom is -0.476 e. The number of anilines is 3. The summed E-state index contributed by atoms with van der Waals surface area (Å²) in [4.78, 5) is 27.8. The van der Waals surface area contributed by atoms with E-state index in [0.717, 1.165) is 31.0 Å². The molecule has 166 valence electrons. The number of halogens is 2. The number of amides is 1. The molecule has 3 heterocycles. The number of likely N-dealkylation sites (N-methyl/N-ethyl adjacent to an activating group) is 1. The average Bonchev–Trinajstić information content (AvgIpc) is 3.37. The maximum Gasteiger partial charge on any atom is 0.304 e. The summed E-state index contributed by atoms with van der Waals surface area (Å²) in [6.45, 7) is 3.73. The summed E-state index contributed by atoms with van der Waals surface area (Å²) in [6, 6.07) is 3.36. The van der Waals surface area contributed by atoms with E-state index in [2.05, 4.69) is 20.3 Å². The fourth-order valence-corrected chi connectivity index (χ4v) is 3.74. The molecule has 0 atom stereocenters. The van der Waals surface area contributed by atoms with E-state index in [1.165, 1.54) is 6.92 Å². The van der Waals surface area contributed by atoms with Crippen LogP contribution in [0, 0.1) is 0 Å². The van der Waals surface area contributed by atoms with Crippen molar-refractivity contribution in [3.8, 4) is 5.88 Å². The number of hydrogen-bond acceptors (Lipinski definition) is 7. The van der Waals surface area contributed by atoms with Crippen LogP contribution in [0.25, 0.3) is 0 Å². The van der Waals surface area contributed by atoms with E-state index in [9.17, 15) is 13.6 Å². The minimum absolute atomic E-state index is 0.0527. The predicted octanol–water partition coefficient (Wildman–Crippen LogP) is 3.07. The van der Waals surface area contributed by atoms with Gasteiger partial charge in [0.15, 0.2) is 0 Å². The Morgan fingerprint density at radius 1 is 1.32 bits per heavy atom. The van der Waals surface area contributed by atoms with Crippen molar-refractivity contribution in [2.75, 3.05) is 44.0 Å². The largest absolute Gasteiger partial charge is 0.476 e. The topological polar surface area (TPSA) is 83.5 Å². The molecule has 2 aromatic heterocycles. The van der Waals surface area contributed by atoms with E-state index in [0.29, 0.717) is 31.3 Å². The number of carbonyl (C=O) groups excluding carboxylic acids is 1. The van der Waals surface area contributed by atoms with Crippen molar-refractivity contribution in [1.82, 2.24) is 19.9 Å². The van der Waals surface area contributed by atoms with E-state index < -0.39 is 11.7 Å². The van der Waals surface area contributed by atoms with Gasteiger partial charge >= 0.3 is 5.92 Å². The first-order valence-electron chi connectivity index (χ1n) is 10.2. The molecule has 0 radical (unpaired) electrons. The lowest BCUT2D eigenvalue weighted by Crippen LogP contribution is -2.24. The first kappa shape index (κ1) is 21.4. The zero-order valence-corrected chi connectivity index (χ0v) is 18.1. The minimum atomic E-state index is -3.21. The number of fused-ring (bicyclic) bond motifs is 2. The molecule has 1 aliphatic heterocycles. The average molecular weight is 432 g/mol. The van der Waals surface area contributed by atoms with Crippen molar-refractivity contribution in [3.63, 3.8) is 0 Å². The van der Waals surface area contributed by atoms with E-state index in [-0.39, 0.29) is 17.2 Å². The molecule has 31 heavy (non-hydrogen) atoms. The maximum atomic E-state index is 14.2. The summed E-state index contributed by atoms with van der Waals surface area (Å²) in [6.07, 6.45) is 3.75. The SMILES string of the molecule is CC(=O)Nc1cc2c(cn1)C1(CC1)CN2c1cc(OCCN(C)C)nc(C(C)(F)F)n1. The monoisotopic (exact) mass is 432 g/mol. The molecule has 0 unspecified atom stereocenters. The molecule has 0 bridgehead atoms. The van der Waals surface area contributed by atoms with Crippen molar-refractivity contribution in [2.24, 2.45) is 0 Å². The van der Waals surface area contributed by atoms with Gasteiger partial charge in [0.25, 0.3) is 0 Å². The molecule has 0 aromatic carbocycles. The number of ether oxygens (including phenoxy) is 1. The Balaban J connectivity index is 1.73. The van der Waals surface area contributed by atoms with Crippen molar-refractivity contribution < 1.29 is 18.3 Å². The zero-order chi connectivity index (χ0) is 22.4. The molecule has 2 aromatic rings. The Morgan fingerprint density at radius 2 is 2.06 bits per heavy atom. The van der Waals surface area contributed by atoms with Gasteiger partial charge in [-0.25, -0.2) is 9.97 Å². The number of pyridine rings is 1. The van der Waals surface area contributed by atoms with E-state index >= 15 is 0 Å². The van der Waals surface area contributed by atoms with Gasteiger partial charge in [-0.3, -0.25) is 4.79 Å². The molecule has 8 nitrogen and oxygen atoms in total. The van der Waals surface area contributed by atoms with Crippen LogP contribution in [0.4, 0.5) is 26.1 Å². The van der Waals surface area contributed by atoms with Crippen LogP contribution in [-0.4, -0.2) is 59.6 Å². The summed E-state index contributed by atoms with van der Waals surface area (Å²) < 4.78 is 34.0. The number of alkyl halides is 2. The Labute approximate surface area is 179 Å².